The van der Waals surface area contributed by atoms with Crippen molar-refractivity contribution in [3.05, 3.63) is 23.9 Å². The van der Waals surface area contributed by atoms with Crippen LogP contribution in [0.4, 0.5) is 5.69 Å². The van der Waals surface area contributed by atoms with Gasteiger partial charge in [-0.05, 0) is 51.1 Å². The van der Waals surface area contributed by atoms with Gasteiger partial charge in [0.15, 0.2) is 0 Å². The maximum atomic E-state index is 12.7. The molecular weight excluding hydrogens is 376 g/mol. The van der Waals surface area contributed by atoms with Crippen LogP contribution in [-0.4, -0.2) is 61.0 Å². The summed E-state index contributed by atoms with van der Waals surface area (Å²) in [5.41, 5.74) is 6.60. The van der Waals surface area contributed by atoms with Crippen LogP contribution >= 0.6 is 0 Å². The monoisotopic (exact) mass is 402 g/mol. The highest BCUT2D eigenvalue weighted by Gasteiger charge is 2.26. The van der Waals surface area contributed by atoms with Gasteiger partial charge in [-0.25, -0.2) is 4.79 Å². The second-order valence-corrected chi connectivity index (χ2v) is 7.01. The molecule has 156 valence electrons. The van der Waals surface area contributed by atoms with Gasteiger partial charge in [0.25, 0.3) is 0 Å². The minimum atomic E-state index is -0.541. The number of nitrogens with one attached hydrogen (secondary N) is 2. The average molecular weight is 402 g/mol. The van der Waals surface area contributed by atoms with E-state index in [4.69, 9.17) is 15.2 Å². The van der Waals surface area contributed by atoms with E-state index in [0.717, 1.165) is 0 Å². The highest BCUT2D eigenvalue weighted by molar-refractivity contribution is 6.11. The van der Waals surface area contributed by atoms with Gasteiger partial charge in [-0.1, -0.05) is 0 Å². The van der Waals surface area contributed by atoms with Crippen LogP contribution in [0.15, 0.2) is 18.2 Å². The summed E-state index contributed by atoms with van der Waals surface area (Å²) >= 11 is 0. The molecule has 1 fully saturated rings. The molecule has 9 heteroatoms. The fourth-order valence-corrected chi connectivity index (χ4v) is 3.54. The Hall–Kier alpha value is -3.07. The zero-order valence-corrected chi connectivity index (χ0v) is 16.6. The Kier molecular flexibility index (Phi) is 6.38. The molecule has 2 heterocycles. The third kappa shape index (κ3) is 4.68. The number of hydrogen-bond donors (Lipinski definition) is 3. The Labute approximate surface area is 168 Å². The van der Waals surface area contributed by atoms with E-state index in [2.05, 4.69) is 10.3 Å². The Balaban J connectivity index is 1.78. The molecule has 2 aromatic rings. The SMILES string of the molecule is CCOC(=O)c1[nH]c2ccc(OC)cc2c1NC(=O)CN1CCC(C(N)=O)CC1. The van der Waals surface area contributed by atoms with E-state index in [-0.39, 0.29) is 36.6 Å². The van der Waals surface area contributed by atoms with Gasteiger partial charge in [0.05, 0.1) is 25.9 Å². The van der Waals surface area contributed by atoms with Crippen molar-refractivity contribution in [1.82, 2.24) is 9.88 Å². The van der Waals surface area contributed by atoms with Crippen molar-refractivity contribution >= 4 is 34.4 Å². The predicted molar refractivity (Wildman–Crippen MR) is 108 cm³/mol. The number of carbonyl (C=O) groups is 3. The highest BCUT2D eigenvalue weighted by Crippen LogP contribution is 2.31. The summed E-state index contributed by atoms with van der Waals surface area (Å²) in [6, 6.07) is 5.30. The lowest BCUT2D eigenvalue weighted by molar-refractivity contribution is -0.123. The number of aromatic nitrogens is 1. The third-order valence-corrected chi connectivity index (χ3v) is 5.11. The first-order chi connectivity index (χ1) is 13.9. The molecule has 0 atom stereocenters. The molecule has 0 spiro atoms. The van der Waals surface area contributed by atoms with E-state index in [0.29, 0.717) is 48.3 Å². The minimum absolute atomic E-state index is 0.134. The summed E-state index contributed by atoms with van der Waals surface area (Å²) in [6.07, 6.45) is 1.28. The maximum absolute atomic E-state index is 12.7. The fraction of sp³-hybridized carbons (Fsp3) is 0.450. The number of esters is 1. The largest absolute Gasteiger partial charge is 0.497 e. The number of H-pyrrole nitrogens is 1. The van der Waals surface area contributed by atoms with Crippen molar-refractivity contribution in [3.8, 4) is 5.75 Å². The molecule has 0 unspecified atom stereocenters. The molecule has 2 amide bonds. The standard InChI is InChI=1S/C20H26N4O5/c1-3-29-20(27)18-17(14-10-13(28-2)4-5-15(14)22-18)23-16(25)11-24-8-6-12(7-9-24)19(21)26/h4-5,10,12,22H,3,6-9,11H2,1-2H3,(H2,21,26)(H,23,25). The van der Waals surface area contributed by atoms with E-state index < -0.39 is 5.97 Å². The number of rotatable bonds is 7. The number of nitrogens with two attached hydrogens (primary N) is 1. The van der Waals surface area contributed by atoms with Crippen LogP contribution in [0.3, 0.4) is 0 Å². The van der Waals surface area contributed by atoms with E-state index in [1.54, 1.807) is 32.2 Å². The minimum Gasteiger partial charge on any atom is -0.497 e. The first-order valence-electron chi connectivity index (χ1n) is 9.61. The summed E-state index contributed by atoms with van der Waals surface area (Å²) in [7, 11) is 1.55. The van der Waals surface area contributed by atoms with E-state index in [9.17, 15) is 14.4 Å². The average Bonchev–Trinajstić information content (AvgIpc) is 3.06. The number of piperidine rings is 1. The van der Waals surface area contributed by atoms with E-state index in [1.807, 2.05) is 4.90 Å². The molecule has 9 nitrogen and oxygen atoms in total. The van der Waals surface area contributed by atoms with Crippen LogP contribution < -0.4 is 15.8 Å². The lowest BCUT2D eigenvalue weighted by Gasteiger charge is -2.29. The van der Waals surface area contributed by atoms with E-state index in [1.165, 1.54) is 0 Å². The number of benzene rings is 1. The lowest BCUT2D eigenvalue weighted by Crippen LogP contribution is -2.42. The number of fused-ring (bicyclic) bond motifs is 1. The maximum Gasteiger partial charge on any atom is 0.356 e. The number of amides is 2. The number of primary amides is 1. The third-order valence-electron chi connectivity index (χ3n) is 5.11. The number of anilines is 1. The quantitative estimate of drug-likeness (QED) is 0.602. The molecule has 1 aromatic carbocycles. The molecule has 0 saturated carbocycles. The molecule has 3 rings (SSSR count). The van der Waals surface area contributed by atoms with Crippen molar-refractivity contribution in [2.75, 3.05) is 38.7 Å². The molecule has 1 aliphatic heterocycles. The summed E-state index contributed by atoms with van der Waals surface area (Å²) in [6.45, 7) is 3.34. The van der Waals surface area contributed by atoms with Crippen molar-refractivity contribution in [1.29, 1.82) is 0 Å². The van der Waals surface area contributed by atoms with Crippen LogP contribution in [0.2, 0.25) is 0 Å². The van der Waals surface area contributed by atoms with Crippen LogP contribution in [0.5, 0.6) is 5.75 Å². The van der Waals surface area contributed by atoms with Gasteiger partial charge < -0.3 is 25.5 Å². The van der Waals surface area contributed by atoms with Crippen molar-refractivity contribution in [3.63, 3.8) is 0 Å². The van der Waals surface area contributed by atoms with Gasteiger partial charge in [0.2, 0.25) is 11.8 Å². The summed E-state index contributed by atoms with van der Waals surface area (Å²) < 4.78 is 10.4. The number of aromatic amines is 1. The molecule has 1 aliphatic rings. The van der Waals surface area contributed by atoms with Crippen LogP contribution in [-0.2, 0) is 14.3 Å². The van der Waals surface area contributed by atoms with E-state index >= 15 is 0 Å². The summed E-state index contributed by atoms with van der Waals surface area (Å²) in [5, 5.41) is 3.51. The lowest BCUT2D eigenvalue weighted by atomic mass is 9.96. The topological polar surface area (TPSA) is 127 Å². The zero-order chi connectivity index (χ0) is 21.0. The first kappa shape index (κ1) is 20.7. The molecule has 0 radical (unpaired) electrons. The van der Waals surface area contributed by atoms with Gasteiger partial charge in [-0.15, -0.1) is 0 Å². The Morgan fingerprint density at radius 3 is 2.62 bits per heavy atom. The fourth-order valence-electron chi connectivity index (χ4n) is 3.54. The first-order valence-corrected chi connectivity index (χ1v) is 9.61. The molecule has 4 N–H and O–H groups in total. The smallest absolute Gasteiger partial charge is 0.356 e. The molecule has 29 heavy (non-hydrogen) atoms. The summed E-state index contributed by atoms with van der Waals surface area (Å²) in [5.74, 6) is -0.611. The highest BCUT2D eigenvalue weighted by atomic mass is 16.5. The Bertz CT molecular complexity index is 915. The number of likely N-dealkylation sites (tertiary alicyclic amines) is 1. The van der Waals surface area contributed by atoms with Gasteiger partial charge in [0.1, 0.15) is 11.4 Å². The van der Waals surface area contributed by atoms with Crippen molar-refractivity contribution in [2.45, 2.75) is 19.8 Å². The Morgan fingerprint density at radius 1 is 1.28 bits per heavy atom. The number of methoxy groups -OCH3 is 1. The normalized spacial score (nSPS) is 15.2. The molecular formula is C20H26N4O5. The molecule has 0 bridgehead atoms. The molecule has 1 saturated heterocycles. The predicted octanol–water partition coefficient (Wildman–Crippen LogP) is 1.49. The number of ether oxygens (including phenoxy) is 2. The zero-order valence-electron chi connectivity index (χ0n) is 16.6. The van der Waals surface area contributed by atoms with Crippen molar-refractivity contribution < 1.29 is 23.9 Å². The number of carbonyl (C=O) groups excluding carboxylic acids is 3. The van der Waals surface area contributed by atoms with Gasteiger partial charge in [-0.3, -0.25) is 14.5 Å². The van der Waals surface area contributed by atoms with Gasteiger partial charge >= 0.3 is 5.97 Å². The van der Waals surface area contributed by atoms with Crippen LogP contribution in [0, 0.1) is 5.92 Å². The Morgan fingerprint density at radius 2 is 2.00 bits per heavy atom. The summed E-state index contributed by atoms with van der Waals surface area (Å²) in [4.78, 5) is 41.3. The molecule has 1 aromatic heterocycles. The number of nitrogens with zero attached hydrogens (tertiary/aromatic N) is 1. The van der Waals surface area contributed by atoms with Crippen molar-refractivity contribution in [2.24, 2.45) is 11.7 Å². The van der Waals surface area contributed by atoms with Gasteiger partial charge in [0, 0.05) is 16.8 Å². The molecule has 0 aliphatic carbocycles. The van der Waals surface area contributed by atoms with Gasteiger partial charge in [-0.2, -0.15) is 0 Å². The second kappa shape index (κ2) is 8.95. The second-order valence-electron chi connectivity index (χ2n) is 7.01. The van der Waals surface area contributed by atoms with Crippen LogP contribution in [0.25, 0.3) is 10.9 Å². The number of hydrogen-bond acceptors (Lipinski definition) is 6. The van der Waals surface area contributed by atoms with Crippen LogP contribution in [0.1, 0.15) is 30.3 Å².